The Bertz CT molecular complexity index is 405. The van der Waals surface area contributed by atoms with E-state index in [9.17, 15) is 9.90 Å². The van der Waals surface area contributed by atoms with Gasteiger partial charge in [0.05, 0.1) is 0 Å². The van der Waals surface area contributed by atoms with Gasteiger partial charge in [-0.2, -0.15) is 0 Å². The van der Waals surface area contributed by atoms with Crippen LogP contribution in [-0.4, -0.2) is 34.8 Å². The van der Waals surface area contributed by atoms with Gasteiger partial charge < -0.3 is 10.8 Å². The first-order chi connectivity index (χ1) is 8.70. The largest absolute Gasteiger partial charge is 0.396 e. The van der Waals surface area contributed by atoms with Crippen molar-refractivity contribution in [3.05, 3.63) is 35.9 Å². The molecule has 1 aromatic rings. The van der Waals surface area contributed by atoms with Gasteiger partial charge in [-0.15, -0.1) is 11.8 Å². The molecule has 1 aliphatic rings. The molecule has 1 amide bonds. The van der Waals surface area contributed by atoms with Gasteiger partial charge in [-0.1, -0.05) is 30.3 Å². The summed E-state index contributed by atoms with van der Waals surface area (Å²) in [6.07, 6.45) is 0.521. The lowest BCUT2D eigenvalue weighted by Gasteiger charge is -2.34. The number of primary amides is 1. The number of nitrogens with one attached hydrogen (secondary N) is 1. The Morgan fingerprint density at radius 3 is 2.72 bits per heavy atom. The Balaban J connectivity index is 2.37. The fraction of sp³-hybridized carbons (Fsp3) is 0.462. The van der Waals surface area contributed by atoms with Crippen molar-refractivity contribution in [2.24, 2.45) is 5.73 Å². The summed E-state index contributed by atoms with van der Waals surface area (Å²) in [4.78, 5) is 11.1. The molecule has 0 bridgehead atoms. The van der Waals surface area contributed by atoms with Crippen molar-refractivity contribution < 1.29 is 9.90 Å². The van der Waals surface area contributed by atoms with E-state index in [0.29, 0.717) is 6.42 Å². The van der Waals surface area contributed by atoms with E-state index >= 15 is 0 Å². The molecule has 0 radical (unpaired) electrons. The smallest absolute Gasteiger partial charge is 0.248 e. The van der Waals surface area contributed by atoms with Gasteiger partial charge in [0.2, 0.25) is 5.91 Å². The number of rotatable bonds is 5. The van der Waals surface area contributed by atoms with Gasteiger partial charge in [-0.3, -0.25) is 10.1 Å². The van der Waals surface area contributed by atoms with Crippen LogP contribution >= 0.6 is 11.8 Å². The van der Waals surface area contributed by atoms with Gasteiger partial charge in [-0.25, -0.2) is 0 Å². The SMILES string of the molecule is NC(=O)C1([C@@H](CCO)c2ccccc2)NCCS1. The minimum atomic E-state index is -0.788. The second-order valence-electron chi connectivity index (χ2n) is 4.35. The van der Waals surface area contributed by atoms with Crippen molar-refractivity contribution in [2.75, 3.05) is 18.9 Å². The number of carbonyl (C=O) groups excluding carboxylic acids is 1. The van der Waals surface area contributed by atoms with Crippen molar-refractivity contribution >= 4 is 17.7 Å². The maximum absolute atomic E-state index is 11.9. The Kier molecular flexibility index (Phi) is 4.27. The predicted molar refractivity (Wildman–Crippen MR) is 73.3 cm³/mol. The molecular weight excluding hydrogens is 248 g/mol. The Hall–Kier alpha value is -1.04. The molecule has 1 aromatic carbocycles. The molecular formula is C13H18N2O2S. The molecule has 1 aliphatic heterocycles. The van der Waals surface area contributed by atoms with E-state index in [4.69, 9.17) is 5.73 Å². The van der Waals surface area contributed by atoms with E-state index in [0.717, 1.165) is 17.9 Å². The number of thioether (sulfide) groups is 1. The third kappa shape index (κ3) is 2.39. The standard InChI is InChI=1S/C13H18N2O2S/c14-12(17)13(15-7-9-18-13)11(6-8-16)10-4-2-1-3-5-10/h1-5,11,15-16H,6-9H2,(H2,14,17)/t11-,13?/m0/s1. The number of hydrogen-bond donors (Lipinski definition) is 3. The van der Waals surface area contributed by atoms with E-state index in [1.807, 2.05) is 30.3 Å². The van der Waals surface area contributed by atoms with Gasteiger partial charge >= 0.3 is 0 Å². The average molecular weight is 266 g/mol. The minimum absolute atomic E-state index is 0.0385. The van der Waals surface area contributed by atoms with Crippen LogP contribution in [0.1, 0.15) is 17.9 Å². The number of carbonyl (C=O) groups is 1. The summed E-state index contributed by atoms with van der Waals surface area (Å²) >= 11 is 1.54. The van der Waals surface area contributed by atoms with Crippen LogP contribution in [0.4, 0.5) is 0 Å². The van der Waals surface area contributed by atoms with E-state index in [2.05, 4.69) is 5.32 Å². The number of benzene rings is 1. The molecule has 1 saturated heterocycles. The van der Waals surface area contributed by atoms with Crippen LogP contribution in [0, 0.1) is 0 Å². The molecule has 4 nitrogen and oxygen atoms in total. The quantitative estimate of drug-likeness (QED) is 0.732. The van der Waals surface area contributed by atoms with E-state index < -0.39 is 4.87 Å². The van der Waals surface area contributed by atoms with E-state index in [-0.39, 0.29) is 18.4 Å². The number of aliphatic hydroxyl groups is 1. The van der Waals surface area contributed by atoms with Crippen LogP contribution in [0.15, 0.2) is 30.3 Å². The summed E-state index contributed by atoms with van der Waals surface area (Å²) in [6, 6.07) is 9.77. The van der Waals surface area contributed by atoms with Gasteiger partial charge in [0, 0.05) is 24.8 Å². The Labute approximate surface area is 111 Å². The third-order valence-electron chi connectivity index (χ3n) is 3.30. The molecule has 98 valence electrons. The summed E-state index contributed by atoms with van der Waals surface area (Å²) in [5, 5.41) is 12.5. The second-order valence-corrected chi connectivity index (χ2v) is 5.69. The van der Waals surface area contributed by atoms with Gasteiger partial charge in [0.15, 0.2) is 4.87 Å². The molecule has 0 aliphatic carbocycles. The van der Waals surface area contributed by atoms with Crippen LogP contribution in [0.5, 0.6) is 0 Å². The topological polar surface area (TPSA) is 75.4 Å². The van der Waals surface area contributed by atoms with Gasteiger partial charge in [0.25, 0.3) is 0 Å². The predicted octanol–water partition coefficient (Wildman–Crippen LogP) is 0.671. The normalized spacial score (nSPS) is 24.9. The summed E-state index contributed by atoms with van der Waals surface area (Å²) in [7, 11) is 0. The number of hydrogen-bond acceptors (Lipinski definition) is 4. The highest BCUT2D eigenvalue weighted by atomic mass is 32.2. The molecule has 0 spiro atoms. The molecule has 2 atom stereocenters. The average Bonchev–Trinajstić information content (AvgIpc) is 2.87. The first-order valence-electron chi connectivity index (χ1n) is 6.05. The van der Waals surface area contributed by atoms with Crippen LogP contribution in [0.25, 0.3) is 0 Å². The highest BCUT2D eigenvalue weighted by Gasteiger charge is 2.47. The molecule has 18 heavy (non-hydrogen) atoms. The van der Waals surface area contributed by atoms with Crippen molar-refractivity contribution in [2.45, 2.75) is 17.2 Å². The van der Waals surface area contributed by atoms with E-state index in [1.54, 1.807) is 11.8 Å². The highest BCUT2D eigenvalue weighted by molar-refractivity contribution is 8.01. The molecule has 0 aromatic heterocycles. The fourth-order valence-corrected chi connectivity index (χ4v) is 3.80. The lowest BCUT2D eigenvalue weighted by molar-refractivity contribution is -0.121. The lowest BCUT2D eigenvalue weighted by atomic mass is 9.87. The van der Waals surface area contributed by atoms with Crippen LogP contribution in [-0.2, 0) is 4.79 Å². The lowest BCUT2D eigenvalue weighted by Crippen LogP contribution is -2.54. The first kappa shape index (κ1) is 13.4. The molecule has 0 saturated carbocycles. The molecule has 2 rings (SSSR count). The van der Waals surface area contributed by atoms with Crippen LogP contribution in [0.2, 0.25) is 0 Å². The van der Waals surface area contributed by atoms with Crippen LogP contribution < -0.4 is 11.1 Å². The summed E-state index contributed by atoms with van der Waals surface area (Å²) < 4.78 is 0. The van der Waals surface area contributed by atoms with E-state index in [1.165, 1.54) is 0 Å². The first-order valence-corrected chi connectivity index (χ1v) is 7.04. The summed E-state index contributed by atoms with van der Waals surface area (Å²) in [6.45, 7) is 0.805. The second kappa shape index (κ2) is 5.73. The van der Waals surface area contributed by atoms with Gasteiger partial charge in [0.1, 0.15) is 0 Å². The zero-order chi connectivity index (χ0) is 13.0. The molecule has 1 unspecified atom stereocenters. The fourth-order valence-electron chi connectivity index (χ4n) is 2.47. The zero-order valence-electron chi connectivity index (χ0n) is 10.1. The third-order valence-corrected chi connectivity index (χ3v) is 4.79. The maximum atomic E-state index is 11.9. The molecule has 5 heteroatoms. The van der Waals surface area contributed by atoms with Crippen molar-refractivity contribution in [3.8, 4) is 0 Å². The zero-order valence-corrected chi connectivity index (χ0v) is 11.0. The Morgan fingerprint density at radius 2 is 2.22 bits per heavy atom. The molecule has 1 heterocycles. The Morgan fingerprint density at radius 1 is 1.50 bits per heavy atom. The minimum Gasteiger partial charge on any atom is -0.396 e. The van der Waals surface area contributed by atoms with Crippen molar-refractivity contribution in [1.29, 1.82) is 0 Å². The van der Waals surface area contributed by atoms with Crippen molar-refractivity contribution in [3.63, 3.8) is 0 Å². The summed E-state index contributed by atoms with van der Waals surface area (Å²) in [5.74, 6) is 0.401. The molecule has 1 fully saturated rings. The molecule has 4 N–H and O–H groups in total. The number of amides is 1. The van der Waals surface area contributed by atoms with Gasteiger partial charge in [-0.05, 0) is 12.0 Å². The van der Waals surface area contributed by atoms with Crippen molar-refractivity contribution in [1.82, 2.24) is 5.32 Å². The number of aliphatic hydroxyl groups excluding tert-OH is 1. The highest BCUT2D eigenvalue weighted by Crippen LogP contribution is 2.42. The number of nitrogens with two attached hydrogens (primary N) is 1. The summed E-state index contributed by atoms with van der Waals surface area (Å²) in [5.41, 5.74) is 6.63. The maximum Gasteiger partial charge on any atom is 0.248 e. The monoisotopic (exact) mass is 266 g/mol. The van der Waals surface area contributed by atoms with Crippen LogP contribution in [0.3, 0.4) is 0 Å².